The molecule has 0 atom stereocenters. The zero-order valence-electron chi connectivity index (χ0n) is 17.2. The number of aryl methyl sites for hydroxylation is 3. The summed E-state index contributed by atoms with van der Waals surface area (Å²) in [7, 11) is 0. The van der Waals surface area contributed by atoms with Gasteiger partial charge in [0.1, 0.15) is 12.4 Å². The minimum absolute atomic E-state index is 0.0769. The molecule has 0 bridgehead atoms. The van der Waals surface area contributed by atoms with Gasteiger partial charge in [-0.15, -0.1) is 11.8 Å². The summed E-state index contributed by atoms with van der Waals surface area (Å²) < 4.78 is 5.76. The molecule has 0 aliphatic rings. The highest BCUT2D eigenvalue weighted by molar-refractivity contribution is 7.98. The zero-order valence-corrected chi connectivity index (χ0v) is 18.0. The van der Waals surface area contributed by atoms with E-state index in [-0.39, 0.29) is 5.91 Å². The van der Waals surface area contributed by atoms with Crippen molar-refractivity contribution >= 4 is 17.7 Å². The van der Waals surface area contributed by atoms with Crippen molar-refractivity contribution < 1.29 is 9.53 Å². The van der Waals surface area contributed by atoms with Gasteiger partial charge in [0.15, 0.2) is 0 Å². The van der Waals surface area contributed by atoms with Crippen molar-refractivity contribution in [2.45, 2.75) is 31.4 Å². The minimum atomic E-state index is -0.0769. The first-order chi connectivity index (χ1) is 14.0. The Morgan fingerprint density at radius 2 is 1.59 bits per heavy atom. The molecule has 3 rings (SSSR count). The van der Waals surface area contributed by atoms with Gasteiger partial charge in [0, 0.05) is 16.2 Å². The molecule has 0 fully saturated rings. The maximum atomic E-state index is 12.3. The number of benzene rings is 3. The van der Waals surface area contributed by atoms with E-state index < -0.39 is 0 Å². The number of rotatable bonds is 8. The minimum Gasteiger partial charge on any atom is -0.491 e. The van der Waals surface area contributed by atoms with Gasteiger partial charge < -0.3 is 10.1 Å². The van der Waals surface area contributed by atoms with Gasteiger partial charge in [-0.1, -0.05) is 47.5 Å². The third kappa shape index (κ3) is 6.40. The van der Waals surface area contributed by atoms with Crippen molar-refractivity contribution in [2.24, 2.45) is 0 Å². The molecule has 4 heteroatoms. The van der Waals surface area contributed by atoms with Crippen molar-refractivity contribution in [3.05, 3.63) is 94.5 Å². The molecule has 29 heavy (non-hydrogen) atoms. The molecule has 3 aromatic rings. The van der Waals surface area contributed by atoms with Crippen LogP contribution in [-0.4, -0.2) is 19.1 Å². The second kappa shape index (κ2) is 10.2. The highest BCUT2D eigenvalue weighted by Gasteiger charge is 2.06. The van der Waals surface area contributed by atoms with Gasteiger partial charge >= 0.3 is 0 Å². The number of carbonyl (C=O) groups is 1. The highest BCUT2D eigenvalue weighted by atomic mass is 32.2. The normalized spacial score (nSPS) is 10.6. The predicted octanol–water partition coefficient (Wildman–Crippen LogP) is 5.71. The van der Waals surface area contributed by atoms with E-state index in [4.69, 9.17) is 4.74 Å². The fourth-order valence-corrected chi connectivity index (χ4v) is 3.80. The lowest BCUT2D eigenvalue weighted by molar-refractivity contribution is 0.0947. The van der Waals surface area contributed by atoms with E-state index in [9.17, 15) is 4.79 Å². The molecular formula is C25H27NO2S. The van der Waals surface area contributed by atoms with E-state index in [0.717, 1.165) is 17.1 Å². The highest BCUT2D eigenvalue weighted by Crippen LogP contribution is 2.23. The van der Waals surface area contributed by atoms with E-state index >= 15 is 0 Å². The fourth-order valence-electron chi connectivity index (χ4n) is 2.94. The lowest BCUT2D eigenvalue weighted by atomic mass is 10.1. The Balaban J connectivity index is 1.43. The molecule has 0 aliphatic carbocycles. The first kappa shape index (κ1) is 21.0. The van der Waals surface area contributed by atoms with Crippen LogP contribution in [0.1, 0.15) is 32.6 Å². The van der Waals surface area contributed by atoms with E-state index in [0.29, 0.717) is 18.7 Å². The number of hydrogen-bond donors (Lipinski definition) is 1. The van der Waals surface area contributed by atoms with Crippen LogP contribution in [0.5, 0.6) is 5.75 Å². The van der Waals surface area contributed by atoms with Gasteiger partial charge in [-0.25, -0.2) is 0 Å². The molecule has 0 saturated carbocycles. The van der Waals surface area contributed by atoms with Crippen molar-refractivity contribution in [3.8, 4) is 5.75 Å². The molecule has 0 aliphatic heterocycles. The van der Waals surface area contributed by atoms with Crippen molar-refractivity contribution in [3.63, 3.8) is 0 Å². The summed E-state index contributed by atoms with van der Waals surface area (Å²) in [5, 5.41) is 2.91. The Bertz CT molecular complexity index is 950. The van der Waals surface area contributed by atoms with Gasteiger partial charge in [-0.05, 0) is 62.2 Å². The summed E-state index contributed by atoms with van der Waals surface area (Å²) in [4.78, 5) is 13.6. The molecule has 0 aromatic heterocycles. The maximum absolute atomic E-state index is 12.3. The Hall–Kier alpha value is -2.72. The van der Waals surface area contributed by atoms with Crippen LogP contribution < -0.4 is 10.1 Å². The lowest BCUT2D eigenvalue weighted by Gasteiger charge is -2.11. The lowest BCUT2D eigenvalue weighted by Crippen LogP contribution is -2.28. The Morgan fingerprint density at radius 1 is 0.897 bits per heavy atom. The quantitative estimate of drug-likeness (QED) is 0.385. The number of thioether (sulfide) groups is 1. The first-order valence-electron chi connectivity index (χ1n) is 9.78. The smallest absolute Gasteiger partial charge is 0.251 e. The van der Waals surface area contributed by atoms with Gasteiger partial charge in [0.25, 0.3) is 5.91 Å². The molecule has 150 valence electrons. The van der Waals surface area contributed by atoms with Crippen molar-refractivity contribution in [1.29, 1.82) is 0 Å². The number of ether oxygens (including phenoxy) is 1. The van der Waals surface area contributed by atoms with Gasteiger partial charge in [-0.2, -0.15) is 0 Å². The first-order valence-corrected chi connectivity index (χ1v) is 10.8. The van der Waals surface area contributed by atoms with Crippen LogP contribution in [0.4, 0.5) is 0 Å². The molecule has 0 unspecified atom stereocenters. The molecular weight excluding hydrogens is 378 g/mol. The topological polar surface area (TPSA) is 38.3 Å². The average molecular weight is 406 g/mol. The van der Waals surface area contributed by atoms with Gasteiger partial charge in [0.05, 0.1) is 6.54 Å². The Labute approximate surface area is 177 Å². The summed E-state index contributed by atoms with van der Waals surface area (Å²) in [6, 6.07) is 22.4. The third-order valence-electron chi connectivity index (χ3n) is 4.62. The van der Waals surface area contributed by atoms with E-state index in [1.807, 2.05) is 43.3 Å². The summed E-state index contributed by atoms with van der Waals surface area (Å²) in [6.07, 6.45) is 0. The molecule has 3 aromatic carbocycles. The van der Waals surface area contributed by atoms with Crippen LogP contribution in [0.15, 0.2) is 71.6 Å². The zero-order chi connectivity index (χ0) is 20.6. The Kier molecular flexibility index (Phi) is 7.36. The largest absolute Gasteiger partial charge is 0.491 e. The number of nitrogens with one attached hydrogen (secondary N) is 1. The van der Waals surface area contributed by atoms with E-state index in [1.54, 1.807) is 11.8 Å². The van der Waals surface area contributed by atoms with Crippen molar-refractivity contribution in [2.75, 3.05) is 13.2 Å². The van der Waals surface area contributed by atoms with Crippen LogP contribution >= 0.6 is 11.8 Å². The SMILES string of the molecule is Cc1ccc(SCc2ccc(C(=O)NCCOc3ccc(C)cc3C)cc2)cc1. The summed E-state index contributed by atoms with van der Waals surface area (Å²) in [5.74, 6) is 1.67. The maximum Gasteiger partial charge on any atom is 0.251 e. The van der Waals surface area contributed by atoms with Crippen LogP contribution in [-0.2, 0) is 5.75 Å². The monoisotopic (exact) mass is 405 g/mol. The number of amides is 1. The molecule has 0 heterocycles. The van der Waals surface area contributed by atoms with Crippen LogP contribution in [0.25, 0.3) is 0 Å². The summed E-state index contributed by atoms with van der Waals surface area (Å²) >= 11 is 1.80. The standard InChI is InChI=1S/C25H27NO2S/c1-18-4-11-23(12-5-18)29-17-21-7-9-22(10-8-21)25(27)26-14-15-28-24-13-6-19(2)16-20(24)3/h4-13,16H,14-15,17H2,1-3H3,(H,26,27). The number of carbonyl (C=O) groups excluding carboxylic acids is 1. The predicted molar refractivity (Wildman–Crippen MR) is 121 cm³/mol. The van der Waals surface area contributed by atoms with E-state index in [2.05, 4.69) is 49.5 Å². The molecule has 3 nitrogen and oxygen atoms in total. The molecule has 0 spiro atoms. The van der Waals surface area contributed by atoms with Crippen LogP contribution in [0.2, 0.25) is 0 Å². The second-order valence-corrected chi connectivity index (χ2v) is 8.22. The molecule has 1 amide bonds. The van der Waals surface area contributed by atoms with Gasteiger partial charge in [0.2, 0.25) is 0 Å². The summed E-state index contributed by atoms with van der Waals surface area (Å²) in [5.41, 5.74) is 5.45. The van der Waals surface area contributed by atoms with Gasteiger partial charge in [-0.3, -0.25) is 4.79 Å². The molecule has 1 N–H and O–H groups in total. The van der Waals surface area contributed by atoms with E-state index in [1.165, 1.54) is 21.6 Å². The van der Waals surface area contributed by atoms with Crippen molar-refractivity contribution in [1.82, 2.24) is 5.32 Å². The van der Waals surface area contributed by atoms with Crippen LogP contribution in [0.3, 0.4) is 0 Å². The van der Waals surface area contributed by atoms with Crippen LogP contribution in [0, 0.1) is 20.8 Å². The molecule has 0 radical (unpaired) electrons. The second-order valence-electron chi connectivity index (χ2n) is 7.17. The average Bonchev–Trinajstić information content (AvgIpc) is 2.72. The molecule has 0 saturated heterocycles. The summed E-state index contributed by atoms with van der Waals surface area (Å²) in [6.45, 7) is 7.09. The Morgan fingerprint density at radius 3 is 2.28 bits per heavy atom. The number of hydrogen-bond acceptors (Lipinski definition) is 3. The fraction of sp³-hybridized carbons (Fsp3) is 0.240. The third-order valence-corrected chi connectivity index (χ3v) is 5.70.